The molecule has 1 heteroatoms. The second-order valence-electron chi connectivity index (χ2n) is 4.44. The fourth-order valence-electron chi connectivity index (χ4n) is 2.09. The number of nitrogens with zero attached hydrogens (tertiary/aromatic N) is 1. The fourth-order valence-corrected chi connectivity index (χ4v) is 2.09. The van der Waals surface area contributed by atoms with Crippen molar-refractivity contribution in [2.45, 2.75) is 12.5 Å². The van der Waals surface area contributed by atoms with Crippen LogP contribution in [0, 0.1) is 0 Å². The smallest absolute Gasteiger partial charge is 0.0507 e. The first-order valence-electron chi connectivity index (χ1n) is 6.25. The van der Waals surface area contributed by atoms with Gasteiger partial charge in [-0.1, -0.05) is 54.6 Å². The maximum atomic E-state index is 3.96. The average Bonchev–Trinajstić information content (AvgIpc) is 2.46. The van der Waals surface area contributed by atoms with Crippen molar-refractivity contribution in [3.05, 3.63) is 78.9 Å². The molecule has 0 aromatic heterocycles. The van der Waals surface area contributed by atoms with Crippen molar-refractivity contribution in [3.63, 3.8) is 0 Å². The van der Waals surface area contributed by atoms with Crippen LogP contribution in [-0.2, 0) is 6.42 Å². The van der Waals surface area contributed by atoms with Gasteiger partial charge in [-0.15, -0.1) is 6.58 Å². The number of hydrogen-bond donors (Lipinski definition) is 0. The van der Waals surface area contributed by atoms with Crippen LogP contribution in [0.25, 0.3) is 0 Å². The molecule has 0 saturated carbocycles. The molecule has 2 rings (SSSR count). The standard InChI is InChI=1S/C17H19N/c1-3-16(14-15-10-6-4-7-11-15)18(2)17-12-8-5-9-13-17/h3-13,16H,1,14H2,2H3/t16-/m1/s1. The summed E-state index contributed by atoms with van der Waals surface area (Å²) in [6, 6.07) is 21.3. The molecule has 2 aromatic carbocycles. The van der Waals surface area contributed by atoms with E-state index in [1.54, 1.807) is 0 Å². The van der Waals surface area contributed by atoms with Gasteiger partial charge < -0.3 is 4.90 Å². The maximum Gasteiger partial charge on any atom is 0.0507 e. The first-order valence-corrected chi connectivity index (χ1v) is 6.25. The van der Waals surface area contributed by atoms with Crippen molar-refractivity contribution >= 4 is 5.69 Å². The Hall–Kier alpha value is -2.02. The van der Waals surface area contributed by atoms with Crippen LogP contribution in [0.15, 0.2) is 73.3 Å². The first kappa shape index (κ1) is 12.4. The molecule has 18 heavy (non-hydrogen) atoms. The second-order valence-corrected chi connectivity index (χ2v) is 4.44. The van der Waals surface area contributed by atoms with Crippen LogP contribution in [0.1, 0.15) is 5.56 Å². The molecule has 0 heterocycles. The van der Waals surface area contributed by atoms with E-state index in [9.17, 15) is 0 Å². The lowest BCUT2D eigenvalue weighted by atomic mass is 10.0. The highest BCUT2D eigenvalue weighted by atomic mass is 15.1. The Morgan fingerprint density at radius 3 is 2.11 bits per heavy atom. The lowest BCUT2D eigenvalue weighted by Gasteiger charge is -2.27. The topological polar surface area (TPSA) is 3.24 Å². The van der Waals surface area contributed by atoms with Crippen molar-refractivity contribution in [1.29, 1.82) is 0 Å². The summed E-state index contributed by atoms with van der Waals surface area (Å²) in [6.45, 7) is 3.96. The summed E-state index contributed by atoms with van der Waals surface area (Å²) in [5.41, 5.74) is 2.56. The predicted molar refractivity (Wildman–Crippen MR) is 79.0 cm³/mol. The molecule has 0 radical (unpaired) electrons. The highest BCUT2D eigenvalue weighted by Gasteiger charge is 2.11. The molecule has 0 aliphatic heterocycles. The molecule has 2 aromatic rings. The van der Waals surface area contributed by atoms with Crippen molar-refractivity contribution in [2.24, 2.45) is 0 Å². The van der Waals surface area contributed by atoms with E-state index in [4.69, 9.17) is 0 Å². The van der Waals surface area contributed by atoms with E-state index in [0.29, 0.717) is 6.04 Å². The van der Waals surface area contributed by atoms with E-state index in [1.165, 1.54) is 11.3 Å². The molecule has 0 spiro atoms. The van der Waals surface area contributed by atoms with Gasteiger partial charge >= 0.3 is 0 Å². The van der Waals surface area contributed by atoms with Gasteiger partial charge in [-0.05, 0) is 24.1 Å². The third-order valence-electron chi connectivity index (χ3n) is 3.22. The minimum Gasteiger partial charge on any atom is -0.368 e. The number of likely N-dealkylation sites (N-methyl/N-ethyl adjacent to an activating group) is 1. The molecule has 0 fully saturated rings. The van der Waals surface area contributed by atoms with Crippen molar-refractivity contribution < 1.29 is 0 Å². The summed E-state index contributed by atoms with van der Waals surface area (Å²) in [7, 11) is 2.12. The van der Waals surface area contributed by atoms with Gasteiger partial charge in [0.2, 0.25) is 0 Å². The zero-order valence-corrected chi connectivity index (χ0v) is 10.8. The van der Waals surface area contributed by atoms with E-state index in [1.807, 2.05) is 18.2 Å². The fraction of sp³-hybridized carbons (Fsp3) is 0.176. The summed E-state index contributed by atoms with van der Waals surface area (Å²) >= 11 is 0. The van der Waals surface area contributed by atoms with Crippen molar-refractivity contribution in [3.8, 4) is 0 Å². The third-order valence-corrected chi connectivity index (χ3v) is 3.22. The zero-order valence-electron chi connectivity index (χ0n) is 10.8. The van der Waals surface area contributed by atoms with Crippen LogP contribution < -0.4 is 4.90 Å². The van der Waals surface area contributed by atoms with E-state index in [-0.39, 0.29) is 0 Å². The summed E-state index contributed by atoms with van der Waals surface area (Å²) < 4.78 is 0. The molecule has 1 nitrogen and oxygen atoms in total. The Labute approximate surface area is 109 Å². The van der Waals surface area contributed by atoms with Gasteiger partial charge in [-0.25, -0.2) is 0 Å². The lowest BCUT2D eigenvalue weighted by molar-refractivity contribution is 0.744. The highest BCUT2D eigenvalue weighted by Crippen LogP contribution is 2.17. The summed E-state index contributed by atoms with van der Waals surface area (Å²) in [6.07, 6.45) is 3.00. The number of benzene rings is 2. The molecule has 1 atom stereocenters. The van der Waals surface area contributed by atoms with Crippen LogP contribution in [0.5, 0.6) is 0 Å². The Bertz CT molecular complexity index is 475. The average molecular weight is 237 g/mol. The Kier molecular flexibility index (Phi) is 4.19. The van der Waals surface area contributed by atoms with Gasteiger partial charge in [0.05, 0.1) is 6.04 Å². The van der Waals surface area contributed by atoms with Gasteiger partial charge in [-0.3, -0.25) is 0 Å². The molecule has 0 saturated heterocycles. The molecular weight excluding hydrogens is 218 g/mol. The molecule has 0 unspecified atom stereocenters. The largest absolute Gasteiger partial charge is 0.368 e. The Morgan fingerprint density at radius 1 is 1.00 bits per heavy atom. The normalized spacial score (nSPS) is 11.8. The van der Waals surface area contributed by atoms with Crippen LogP contribution in [-0.4, -0.2) is 13.1 Å². The molecule has 0 bridgehead atoms. The second kappa shape index (κ2) is 6.06. The lowest BCUT2D eigenvalue weighted by Crippen LogP contribution is -2.31. The van der Waals surface area contributed by atoms with E-state index >= 15 is 0 Å². The Morgan fingerprint density at radius 2 is 1.56 bits per heavy atom. The van der Waals surface area contributed by atoms with E-state index in [2.05, 4.69) is 67.1 Å². The molecule has 92 valence electrons. The number of hydrogen-bond acceptors (Lipinski definition) is 1. The SMILES string of the molecule is C=C[C@H](Cc1ccccc1)N(C)c1ccccc1. The van der Waals surface area contributed by atoms with Crippen molar-refractivity contribution in [2.75, 3.05) is 11.9 Å². The monoisotopic (exact) mass is 237 g/mol. The molecule has 0 aliphatic rings. The molecular formula is C17H19N. The van der Waals surface area contributed by atoms with Gasteiger partial charge in [-0.2, -0.15) is 0 Å². The molecule has 0 N–H and O–H groups in total. The van der Waals surface area contributed by atoms with E-state index in [0.717, 1.165) is 6.42 Å². The Balaban J connectivity index is 2.12. The number of para-hydroxylation sites is 1. The van der Waals surface area contributed by atoms with Gasteiger partial charge in [0.15, 0.2) is 0 Å². The number of anilines is 1. The quantitative estimate of drug-likeness (QED) is 0.712. The molecule has 0 aliphatic carbocycles. The van der Waals surface area contributed by atoms with Gasteiger partial charge in [0.1, 0.15) is 0 Å². The van der Waals surface area contributed by atoms with Crippen molar-refractivity contribution in [1.82, 2.24) is 0 Å². The molecule has 0 amide bonds. The van der Waals surface area contributed by atoms with E-state index < -0.39 is 0 Å². The predicted octanol–water partition coefficient (Wildman–Crippen LogP) is 3.92. The summed E-state index contributed by atoms with van der Waals surface area (Å²) in [4.78, 5) is 2.26. The van der Waals surface area contributed by atoms with Crippen LogP contribution in [0.3, 0.4) is 0 Å². The van der Waals surface area contributed by atoms with Crippen LogP contribution >= 0.6 is 0 Å². The van der Waals surface area contributed by atoms with Crippen LogP contribution in [0.2, 0.25) is 0 Å². The van der Waals surface area contributed by atoms with Gasteiger partial charge in [0.25, 0.3) is 0 Å². The first-order chi connectivity index (χ1) is 8.81. The summed E-state index contributed by atoms with van der Waals surface area (Å²) in [5.74, 6) is 0. The van der Waals surface area contributed by atoms with Gasteiger partial charge in [0, 0.05) is 12.7 Å². The van der Waals surface area contributed by atoms with Crippen LogP contribution in [0.4, 0.5) is 5.69 Å². The third kappa shape index (κ3) is 3.01. The summed E-state index contributed by atoms with van der Waals surface area (Å²) in [5, 5.41) is 0. The minimum atomic E-state index is 0.315. The number of rotatable bonds is 5. The minimum absolute atomic E-state index is 0.315. The highest BCUT2D eigenvalue weighted by molar-refractivity contribution is 5.47. The zero-order chi connectivity index (χ0) is 12.8. The maximum absolute atomic E-state index is 3.96.